The van der Waals surface area contributed by atoms with E-state index in [0.29, 0.717) is 16.3 Å². The molecule has 0 aromatic carbocycles. The number of aromatic nitrogens is 2. The molecule has 3 aromatic rings. The SMILES string of the molecule is CCCN1CCN(c2ccc3cc(-c4nc(C)cs4)c(=O)oc3n2)CC1. The molecule has 136 valence electrons. The Morgan fingerprint density at radius 1 is 1.19 bits per heavy atom. The summed E-state index contributed by atoms with van der Waals surface area (Å²) in [6.45, 7) is 9.24. The van der Waals surface area contributed by atoms with Crippen LogP contribution in [-0.4, -0.2) is 47.6 Å². The van der Waals surface area contributed by atoms with Crippen molar-refractivity contribution in [1.82, 2.24) is 14.9 Å². The van der Waals surface area contributed by atoms with Gasteiger partial charge in [0.25, 0.3) is 0 Å². The summed E-state index contributed by atoms with van der Waals surface area (Å²) in [7, 11) is 0. The molecule has 0 bridgehead atoms. The second-order valence-corrected chi connectivity index (χ2v) is 7.49. The number of aryl methyl sites for hydroxylation is 1. The highest BCUT2D eigenvalue weighted by atomic mass is 32.1. The largest absolute Gasteiger partial charge is 0.403 e. The van der Waals surface area contributed by atoms with Crippen LogP contribution in [0.15, 0.2) is 32.8 Å². The first-order valence-corrected chi connectivity index (χ1v) is 9.86. The number of hydrogen-bond donors (Lipinski definition) is 0. The fraction of sp³-hybridized carbons (Fsp3) is 0.421. The van der Waals surface area contributed by atoms with Crippen LogP contribution in [0.1, 0.15) is 19.0 Å². The van der Waals surface area contributed by atoms with Gasteiger partial charge in [0.2, 0.25) is 5.71 Å². The summed E-state index contributed by atoms with van der Waals surface area (Å²) in [6, 6.07) is 5.81. The molecule has 1 aliphatic heterocycles. The quantitative estimate of drug-likeness (QED) is 0.703. The van der Waals surface area contributed by atoms with E-state index in [1.165, 1.54) is 17.8 Å². The van der Waals surface area contributed by atoms with Gasteiger partial charge in [-0.15, -0.1) is 11.3 Å². The Kier molecular flexibility index (Phi) is 4.74. The maximum absolute atomic E-state index is 12.4. The average molecular weight is 370 g/mol. The number of piperazine rings is 1. The van der Waals surface area contributed by atoms with Crippen molar-refractivity contribution in [2.75, 3.05) is 37.6 Å². The maximum Gasteiger partial charge on any atom is 0.347 e. The highest BCUT2D eigenvalue weighted by Crippen LogP contribution is 2.25. The van der Waals surface area contributed by atoms with Crippen LogP contribution < -0.4 is 10.5 Å². The number of rotatable bonds is 4. The van der Waals surface area contributed by atoms with Crippen LogP contribution in [0.4, 0.5) is 5.82 Å². The van der Waals surface area contributed by atoms with Gasteiger partial charge in [-0.05, 0) is 38.1 Å². The van der Waals surface area contributed by atoms with Crippen molar-refractivity contribution < 1.29 is 4.42 Å². The lowest BCUT2D eigenvalue weighted by Gasteiger charge is -2.35. The average Bonchev–Trinajstić information content (AvgIpc) is 3.08. The van der Waals surface area contributed by atoms with E-state index in [2.05, 4.69) is 26.7 Å². The monoisotopic (exact) mass is 370 g/mol. The molecular weight excluding hydrogens is 348 g/mol. The van der Waals surface area contributed by atoms with Gasteiger partial charge in [-0.2, -0.15) is 4.98 Å². The zero-order valence-electron chi connectivity index (χ0n) is 15.1. The molecule has 0 atom stereocenters. The van der Waals surface area contributed by atoms with Gasteiger partial charge in [0, 0.05) is 42.6 Å². The number of thiazole rings is 1. The highest BCUT2D eigenvalue weighted by Gasteiger charge is 2.18. The minimum atomic E-state index is -0.385. The van der Waals surface area contributed by atoms with Crippen molar-refractivity contribution in [1.29, 1.82) is 0 Å². The van der Waals surface area contributed by atoms with Gasteiger partial charge in [0.1, 0.15) is 10.8 Å². The van der Waals surface area contributed by atoms with Crippen LogP contribution in [0, 0.1) is 6.92 Å². The van der Waals surface area contributed by atoms with Crippen LogP contribution in [-0.2, 0) is 0 Å². The Hall–Kier alpha value is -2.25. The van der Waals surface area contributed by atoms with Crippen molar-refractivity contribution >= 4 is 28.3 Å². The second kappa shape index (κ2) is 7.17. The summed E-state index contributed by atoms with van der Waals surface area (Å²) >= 11 is 1.45. The van der Waals surface area contributed by atoms with Crippen LogP contribution in [0.25, 0.3) is 21.7 Å². The molecule has 0 radical (unpaired) electrons. The van der Waals surface area contributed by atoms with E-state index in [1.807, 2.05) is 30.5 Å². The molecule has 3 aromatic heterocycles. The molecule has 0 spiro atoms. The zero-order chi connectivity index (χ0) is 18.1. The van der Waals surface area contributed by atoms with E-state index in [-0.39, 0.29) is 5.63 Å². The molecule has 0 aliphatic carbocycles. The third-order valence-corrected chi connectivity index (χ3v) is 5.66. The van der Waals surface area contributed by atoms with E-state index in [1.54, 1.807) is 0 Å². The summed E-state index contributed by atoms with van der Waals surface area (Å²) in [6.07, 6.45) is 1.18. The van der Waals surface area contributed by atoms with Crippen molar-refractivity contribution in [2.24, 2.45) is 0 Å². The first-order chi connectivity index (χ1) is 12.6. The Morgan fingerprint density at radius 2 is 2.00 bits per heavy atom. The fourth-order valence-electron chi connectivity index (χ4n) is 3.31. The van der Waals surface area contributed by atoms with Crippen molar-refractivity contribution in [3.05, 3.63) is 39.7 Å². The first kappa shape index (κ1) is 17.2. The fourth-order valence-corrected chi connectivity index (χ4v) is 4.11. The third kappa shape index (κ3) is 3.37. The van der Waals surface area contributed by atoms with Crippen LogP contribution in [0.2, 0.25) is 0 Å². The summed E-state index contributed by atoms with van der Waals surface area (Å²) in [5.41, 5.74) is 1.41. The number of hydrogen-bond acceptors (Lipinski definition) is 7. The Balaban J connectivity index is 1.61. The molecule has 0 unspecified atom stereocenters. The standard InChI is InChI=1S/C19H22N4O2S/c1-3-6-22-7-9-23(10-8-22)16-5-4-14-11-15(18-20-13(2)12-26-18)19(24)25-17(14)21-16/h4-5,11-12H,3,6-10H2,1-2H3. The summed E-state index contributed by atoms with van der Waals surface area (Å²) in [5.74, 6) is 0.870. The molecule has 7 heteroatoms. The van der Waals surface area contributed by atoms with Crippen LogP contribution in [0.5, 0.6) is 0 Å². The minimum absolute atomic E-state index is 0.385. The molecule has 6 nitrogen and oxygen atoms in total. The number of pyridine rings is 1. The minimum Gasteiger partial charge on any atom is -0.403 e. The molecule has 4 heterocycles. The van der Waals surface area contributed by atoms with Gasteiger partial charge in [0.15, 0.2) is 0 Å². The number of anilines is 1. The Bertz CT molecular complexity index is 973. The van der Waals surface area contributed by atoms with Crippen molar-refractivity contribution in [3.63, 3.8) is 0 Å². The first-order valence-electron chi connectivity index (χ1n) is 8.99. The van der Waals surface area contributed by atoms with Crippen molar-refractivity contribution in [3.8, 4) is 10.6 Å². The van der Waals surface area contributed by atoms with E-state index >= 15 is 0 Å². The zero-order valence-corrected chi connectivity index (χ0v) is 15.9. The molecule has 0 N–H and O–H groups in total. The molecule has 0 amide bonds. The Labute approximate surface area is 156 Å². The van der Waals surface area contributed by atoms with E-state index in [0.717, 1.165) is 49.6 Å². The predicted molar refractivity (Wildman–Crippen MR) is 105 cm³/mol. The highest BCUT2D eigenvalue weighted by molar-refractivity contribution is 7.13. The van der Waals surface area contributed by atoms with Crippen LogP contribution >= 0.6 is 11.3 Å². The molecule has 1 aliphatic rings. The van der Waals surface area contributed by atoms with Crippen LogP contribution in [0.3, 0.4) is 0 Å². The third-order valence-electron chi connectivity index (χ3n) is 4.67. The number of fused-ring (bicyclic) bond motifs is 1. The van der Waals surface area contributed by atoms with Gasteiger partial charge < -0.3 is 9.32 Å². The topological polar surface area (TPSA) is 62.5 Å². The summed E-state index contributed by atoms with van der Waals surface area (Å²) in [5, 5.41) is 3.44. The lowest BCUT2D eigenvalue weighted by Crippen LogP contribution is -2.46. The summed E-state index contributed by atoms with van der Waals surface area (Å²) < 4.78 is 5.51. The molecular formula is C19H22N4O2S. The lowest BCUT2D eigenvalue weighted by atomic mass is 10.2. The maximum atomic E-state index is 12.4. The molecule has 1 fully saturated rings. The van der Waals surface area contributed by atoms with E-state index in [4.69, 9.17) is 4.42 Å². The molecule has 1 saturated heterocycles. The van der Waals surface area contributed by atoms with E-state index in [9.17, 15) is 4.79 Å². The van der Waals surface area contributed by atoms with Gasteiger partial charge in [-0.3, -0.25) is 4.90 Å². The summed E-state index contributed by atoms with van der Waals surface area (Å²) in [4.78, 5) is 26.1. The number of nitrogens with zero attached hydrogens (tertiary/aromatic N) is 4. The van der Waals surface area contributed by atoms with E-state index < -0.39 is 0 Å². The molecule has 0 saturated carbocycles. The smallest absolute Gasteiger partial charge is 0.347 e. The lowest BCUT2D eigenvalue weighted by molar-refractivity contribution is 0.258. The predicted octanol–water partition coefficient (Wildman–Crippen LogP) is 3.15. The Morgan fingerprint density at radius 3 is 2.69 bits per heavy atom. The van der Waals surface area contributed by atoms with Gasteiger partial charge >= 0.3 is 5.63 Å². The van der Waals surface area contributed by atoms with Gasteiger partial charge in [-0.1, -0.05) is 6.92 Å². The molecule has 4 rings (SSSR count). The normalized spacial score (nSPS) is 15.7. The second-order valence-electron chi connectivity index (χ2n) is 6.63. The van der Waals surface area contributed by atoms with Gasteiger partial charge in [-0.25, -0.2) is 9.78 Å². The molecule has 26 heavy (non-hydrogen) atoms. The van der Waals surface area contributed by atoms with Crippen molar-refractivity contribution in [2.45, 2.75) is 20.3 Å². The van der Waals surface area contributed by atoms with Gasteiger partial charge in [0.05, 0.1) is 5.56 Å².